The maximum absolute atomic E-state index is 12.9. The topological polar surface area (TPSA) is 132 Å². The summed E-state index contributed by atoms with van der Waals surface area (Å²) in [6.45, 7) is 3.48. The second-order valence-corrected chi connectivity index (χ2v) is 13.7. The Kier molecular flexibility index (Phi) is 10.7. The number of ether oxygens (including phenoxy) is 2. The van der Waals surface area contributed by atoms with Gasteiger partial charge in [-0.1, -0.05) is 71.7 Å². The number of aliphatic hydroxyl groups is 1. The number of amides is 2. The average Bonchev–Trinajstić information content (AvgIpc) is 3.63. The molecule has 0 radical (unpaired) electrons. The van der Waals surface area contributed by atoms with E-state index in [9.17, 15) is 19.5 Å². The van der Waals surface area contributed by atoms with Crippen molar-refractivity contribution >= 4 is 52.4 Å². The second kappa shape index (κ2) is 15.5. The molecule has 0 aliphatic carbocycles. The van der Waals surface area contributed by atoms with Gasteiger partial charge in [-0.25, -0.2) is 0 Å². The molecule has 1 saturated heterocycles. The van der Waals surface area contributed by atoms with Crippen LogP contribution in [0.2, 0.25) is 10.0 Å². The fourth-order valence-electron chi connectivity index (χ4n) is 7.03. The van der Waals surface area contributed by atoms with Crippen LogP contribution in [0.4, 0.5) is 11.4 Å². The van der Waals surface area contributed by atoms with E-state index >= 15 is 0 Å². The molecule has 52 heavy (non-hydrogen) atoms. The summed E-state index contributed by atoms with van der Waals surface area (Å²) in [5.74, 6) is -0.281. The minimum Gasteiger partial charge on any atom is -0.482 e. The van der Waals surface area contributed by atoms with Crippen molar-refractivity contribution < 1.29 is 34.1 Å². The van der Waals surface area contributed by atoms with Crippen LogP contribution < -0.4 is 24.6 Å². The van der Waals surface area contributed by atoms with Crippen molar-refractivity contribution in [2.24, 2.45) is 5.92 Å². The van der Waals surface area contributed by atoms with E-state index in [0.29, 0.717) is 85.2 Å². The van der Waals surface area contributed by atoms with E-state index < -0.39 is 5.97 Å². The summed E-state index contributed by atoms with van der Waals surface area (Å²) < 4.78 is 11.7. The Morgan fingerprint density at radius 2 is 1.29 bits per heavy atom. The van der Waals surface area contributed by atoms with Gasteiger partial charge in [0.15, 0.2) is 13.2 Å². The number of likely N-dealkylation sites (tertiary alicyclic amines) is 1. The number of nitrogens with zero attached hydrogens (tertiary/aromatic N) is 3. The van der Waals surface area contributed by atoms with Gasteiger partial charge >= 0.3 is 5.97 Å². The lowest BCUT2D eigenvalue weighted by molar-refractivity contribution is -0.141. The molecule has 4 aromatic rings. The van der Waals surface area contributed by atoms with E-state index in [1.54, 1.807) is 9.80 Å². The second-order valence-electron chi connectivity index (χ2n) is 13.0. The zero-order valence-corrected chi connectivity index (χ0v) is 29.8. The maximum atomic E-state index is 12.9. The van der Waals surface area contributed by atoms with Crippen molar-refractivity contribution in [3.8, 4) is 44.9 Å². The minimum atomic E-state index is -0.780. The predicted molar refractivity (Wildman–Crippen MR) is 201 cm³/mol. The number of carboxylic acids is 1. The third-order valence-corrected chi connectivity index (χ3v) is 10.6. The molecule has 7 rings (SSSR count). The van der Waals surface area contributed by atoms with Crippen LogP contribution in [0.5, 0.6) is 11.5 Å². The van der Waals surface area contributed by atoms with Crippen LogP contribution in [0, 0.1) is 5.92 Å². The van der Waals surface area contributed by atoms with Crippen molar-refractivity contribution in [2.75, 3.05) is 75.4 Å². The molecule has 1 unspecified atom stereocenters. The molecule has 3 heterocycles. The number of aliphatic hydroxyl groups excluding tert-OH is 1. The number of hydrogen-bond donors (Lipinski definition) is 3. The van der Waals surface area contributed by atoms with Crippen LogP contribution in [0.3, 0.4) is 0 Å². The first kappa shape index (κ1) is 35.7. The molecule has 1 fully saturated rings. The van der Waals surface area contributed by atoms with E-state index in [2.05, 4.69) is 10.2 Å². The van der Waals surface area contributed by atoms with Gasteiger partial charge in [-0.2, -0.15) is 0 Å². The fraction of sp³-hybridized carbons (Fsp3) is 0.308. The molecule has 4 aromatic carbocycles. The molecule has 270 valence electrons. The summed E-state index contributed by atoms with van der Waals surface area (Å²) in [7, 11) is 0. The van der Waals surface area contributed by atoms with Gasteiger partial charge in [0.1, 0.15) is 11.5 Å². The number of carbonyl (C=O) groups is 3. The molecule has 0 spiro atoms. The van der Waals surface area contributed by atoms with E-state index in [-0.39, 0.29) is 37.6 Å². The van der Waals surface area contributed by atoms with Gasteiger partial charge < -0.3 is 39.7 Å². The highest BCUT2D eigenvalue weighted by Gasteiger charge is 2.31. The van der Waals surface area contributed by atoms with Gasteiger partial charge in [0.05, 0.1) is 33.9 Å². The lowest BCUT2D eigenvalue weighted by Gasteiger charge is -2.31. The average molecular weight is 746 g/mol. The zero-order chi connectivity index (χ0) is 36.4. The number of hydrogen-bond acceptors (Lipinski definition) is 8. The Bertz CT molecular complexity index is 2020. The number of carbonyl (C=O) groups excluding carboxylic acids is 2. The van der Waals surface area contributed by atoms with Gasteiger partial charge in [-0.15, -0.1) is 0 Å². The Morgan fingerprint density at radius 3 is 1.81 bits per heavy atom. The molecular formula is C39H38Cl2N4O7. The van der Waals surface area contributed by atoms with Gasteiger partial charge in [0.25, 0.3) is 11.8 Å². The highest BCUT2D eigenvalue weighted by atomic mass is 35.5. The van der Waals surface area contributed by atoms with Crippen LogP contribution in [0.15, 0.2) is 72.8 Å². The highest BCUT2D eigenvalue weighted by Crippen LogP contribution is 2.45. The van der Waals surface area contributed by atoms with Crippen molar-refractivity contribution in [1.29, 1.82) is 0 Å². The molecule has 0 aromatic heterocycles. The molecule has 2 amide bonds. The van der Waals surface area contributed by atoms with Crippen LogP contribution in [0.1, 0.15) is 6.42 Å². The number of benzene rings is 4. The summed E-state index contributed by atoms with van der Waals surface area (Å²) in [6.07, 6.45) is 0.610. The van der Waals surface area contributed by atoms with E-state index in [1.165, 1.54) is 0 Å². The highest BCUT2D eigenvalue weighted by molar-refractivity contribution is 6.39. The summed E-state index contributed by atoms with van der Waals surface area (Å²) >= 11 is 14.3. The Morgan fingerprint density at radius 1 is 0.750 bits per heavy atom. The molecule has 3 N–H and O–H groups in total. The first-order valence-corrected chi connectivity index (χ1v) is 18.0. The standard InChI is InChI=1S/C39H38Cl2N4O7/c40-37-27(24-7-9-31-33(19-24)51-22-35(47)44(31)15-12-42-13-18-46)3-1-5-29(37)30-6-2-4-28(38(30)41)25-8-10-32-34(20-25)52-23-36(48)45(32)17-16-43-14-11-26(21-43)39(49)50/h1-10,19-20,26,42,46H,11-18,21-23H2,(H,49,50). The summed E-state index contributed by atoms with van der Waals surface area (Å²) in [4.78, 5) is 42.4. The van der Waals surface area contributed by atoms with Crippen molar-refractivity contribution in [1.82, 2.24) is 10.2 Å². The number of anilines is 2. The molecule has 3 aliphatic rings. The van der Waals surface area contributed by atoms with Gasteiger partial charge in [0.2, 0.25) is 0 Å². The van der Waals surface area contributed by atoms with Crippen molar-refractivity contribution in [3.05, 3.63) is 82.8 Å². The Hall–Kier alpha value is -4.65. The van der Waals surface area contributed by atoms with E-state index in [4.69, 9.17) is 37.8 Å². The number of nitrogens with one attached hydrogen (secondary N) is 1. The quantitative estimate of drug-likeness (QED) is 0.163. The number of rotatable bonds is 12. The van der Waals surface area contributed by atoms with Gasteiger partial charge in [-0.05, 0) is 48.4 Å². The summed E-state index contributed by atoms with van der Waals surface area (Å²) in [6, 6.07) is 22.9. The fourth-order valence-corrected chi connectivity index (χ4v) is 7.71. The Balaban J connectivity index is 1.13. The smallest absolute Gasteiger partial charge is 0.307 e. The Labute approximate surface area is 311 Å². The predicted octanol–water partition coefficient (Wildman–Crippen LogP) is 5.43. The first-order valence-electron chi connectivity index (χ1n) is 17.2. The molecular weight excluding hydrogens is 707 g/mol. The van der Waals surface area contributed by atoms with Crippen LogP contribution in [0.25, 0.3) is 33.4 Å². The largest absolute Gasteiger partial charge is 0.482 e. The number of carboxylic acid groups (broad SMARTS) is 1. The van der Waals surface area contributed by atoms with E-state index in [1.807, 2.05) is 72.8 Å². The van der Waals surface area contributed by atoms with Crippen LogP contribution in [-0.4, -0.2) is 98.5 Å². The molecule has 1 atom stereocenters. The monoisotopic (exact) mass is 744 g/mol. The van der Waals surface area contributed by atoms with Crippen LogP contribution >= 0.6 is 23.2 Å². The third-order valence-electron chi connectivity index (χ3n) is 9.78. The van der Waals surface area contributed by atoms with Gasteiger partial charge in [0, 0.05) is 61.5 Å². The maximum Gasteiger partial charge on any atom is 0.307 e. The molecule has 11 nitrogen and oxygen atoms in total. The SMILES string of the molecule is O=C(O)C1CCN(CCN2C(=O)COc3cc(-c4cccc(-c5cccc(-c6ccc7c(c6)OCC(=O)N7CCNCCO)c5Cl)c4Cl)ccc32)C1. The number of aliphatic carboxylic acids is 1. The summed E-state index contributed by atoms with van der Waals surface area (Å²) in [5, 5.41) is 22.5. The molecule has 0 bridgehead atoms. The lowest BCUT2D eigenvalue weighted by atomic mass is 9.95. The summed E-state index contributed by atoms with van der Waals surface area (Å²) in [5.41, 5.74) is 6.01. The lowest BCUT2D eigenvalue weighted by Crippen LogP contribution is -2.43. The van der Waals surface area contributed by atoms with Crippen LogP contribution in [-0.2, 0) is 14.4 Å². The number of fused-ring (bicyclic) bond motifs is 2. The number of halogens is 2. The van der Waals surface area contributed by atoms with E-state index in [0.717, 1.165) is 33.4 Å². The van der Waals surface area contributed by atoms with Gasteiger partial charge in [-0.3, -0.25) is 14.4 Å². The van der Waals surface area contributed by atoms with Crippen molar-refractivity contribution in [3.63, 3.8) is 0 Å². The molecule has 13 heteroatoms. The minimum absolute atomic E-state index is 0.0254. The normalized spacial score (nSPS) is 17.1. The van der Waals surface area contributed by atoms with Crippen molar-refractivity contribution in [2.45, 2.75) is 6.42 Å². The first-order chi connectivity index (χ1) is 25.2. The molecule has 0 saturated carbocycles. The molecule has 3 aliphatic heterocycles. The third kappa shape index (κ3) is 7.19. The zero-order valence-electron chi connectivity index (χ0n) is 28.3.